The van der Waals surface area contributed by atoms with Crippen molar-refractivity contribution in [3.05, 3.63) is 88.6 Å². The van der Waals surface area contributed by atoms with Gasteiger partial charge in [0.2, 0.25) is 5.91 Å². The topological polar surface area (TPSA) is 80.1 Å². The van der Waals surface area contributed by atoms with Crippen molar-refractivity contribution in [2.24, 2.45) is 5.92 Å². The maximum atomic E-state index is 12.6. The minimum Gasteiger partial charge on any atom is -0.369 e. The van der Waals surface area contributed by atoms with Crippen LogP contribution in [0.3, 0.4) is 0 Å². The van der Waals surface area contributed by atoms with Gasteiger partial charge in [-0.05, 0) is 30.5 Å². The molecular formula is C24H27N5O2. The van der Waals surface area contributed by atoms with E-state index in [1.165, 1.54) is 4.68 Å². The number of benzene rings is 1. The quantitative estimate of drug-likeness (QED) is 0.638. The zero-order valence-corrected chi connectivity index (χ0v) is 17.5. The number of anilines is 1. The van der Waals surface area contributed by atoms with Gasteiger partial charge in [0, 0.05) is 44.0 Å². The predicted molar refractivity (Wildman–Crippen MR) is 120 cm³/mol. The minimum absolute atomic E-state index is 0.0611. The fourth-order valence-corrected chi connectivity index (χ4v) is 3.90. The van der Waals surface area contributed by atoms with Crippen LogP contribution < -0.4 is 15.8 Å². The van der Waals surface area contributed by atoms with E-state index in [9.17, 15) is 9.59 Å². The third-order valence-corrected chi connectivity index (χ3v) is 5.59. The van der Waals surface area contributed by atoms with E-state index in [0.29, 0.717) is 26.1 Å². The maximum Gasteiger partial charge on any atom is 0.269 e. The highest BCUT2D eigenvalue weighted by atomic mass is 16.2. The van der Waals surface area contributed by atoms with Crippen LogP contribution in [-0.4, -0.2) is 40.3 Å². The lowest BCUT2D eigenvalue weighted by atomic mass is 9.96. The first-order valence-electron chi connectivity index (χ1n) is 10.7. The molecule has 0 spiro atoms. The molecule has 1 aliphatic heterocycles. The molecule has 7 heteroatoms. The smallest absolute Gasteiger partial charge is 0.269 e. The molecule has 1 aliphatic rings. The van der Waals surface area contributed by atoms with Crippen LogP contribution >= 0.6 is 0 Å². The third-order valence-electron chi connectivity index (χ3n) is 5.59. The molecule has 1 fully saturated rings. The Morgan fingerprint density at radius 1 is 1.13 bits per heavy atom. The number of pyridine rings is 1. The van der Waals surface area contributed by atoms with E-state index in [0.717, 1.165) is 36.3 Å². The van der Waals surface area contributed by atoms with E-state index in [2.05, 4.69) is 20.3 Å². The Balaban J connectivity index is 1.34. The molecule has 1 unspecified atom stereocenters. The largest absolute Gasteiger partial charge is 0.369 e. The number of rotatable bonds is 7. The molecule has 3 aromatic rings. The van der Waals surface area contributed by atoms with Gasteiger partial charge in [-0.2, -0.15) is 5.10 Å². The van der Waals surface area contributed by atoms with Gasteiger partial charge in [0.15, 0.2) is 0 Å². The van der Waals surface area contributed by atoms with Crippen molar-refractivity contribution in [1.82, 2.24) is 20.1 Å². The molecule has 31 heavy (non-hydrogen) atoms. The summed E-state index contributed by atoms with van der Waals surface area (Å²) in [7, 11) is 0. The molecule has 3 heterocycles. The lowest BCUT2D eigenvalue weighted by Crippen LogP contribution is -2.44. The van der Waals surface area contributed by atoms with Crippen molar-refractivity contribution >= 4 is 11.6 Å². The van der Waals surface area contributed by atoms with E-state index < -0.39 is 0 Å². The Morgan fingerprint density at radius 2 is 1.97 bits per heavy atom. The number of hydrogen-bond acceptors (Lipinski definition) is 5. The van der Waals surface area contributed by atoms with Crippen molar-refractivity contribution in [1.29, 1.82) is 0 Å². The molecule has 1 saturated heterocycles. The Kier molecular flexibility index (Phi) is 6.72. The summed E-state index contributed by atoms with van der Waals surface area (Å²) in [5, 5.41) is 7.39. The molecule has 0 bridgehead atoms. The van der Waals surface area contributed by atoms with Gasteiger partial charge in [0.25, 0.3) is 5.56 Å². The third kappa shape index (κ3) is 5.57. The molecule has 0 aliphatic carbocycles. The molecule has 2 aromatic heterocycles. The molecule has 1 amide bonds. The van der Waals surface area contributed by atoms with Crippen molar-refractivity contribution < 1.29 is 4.79 Å². The Morgan fingerprint density at radius 3 is 2.74 bits per heavy atom. The Labute approximate surface area is 181 Å². The van der Waals surface area contributed by atoms with Crippen LogP contribution in [0.25, 0.3) is 0 Å². The van der Waals surface area contributed by atoms with Crippen molar-refractivity contribution in [3.63, 3.8) is 0 Å². The van der Waals surface area contributed by atoms with Crippen molar-refractivity contribution in [2.45, 2.75) is 25.8 Å². The number of nitrogens with zero attached hydrogens (tertiary/aromatic N) is 4. The van der Waals surface area contributed by atoms with Gasteiger partial charge in [-0.15, -0.1) is 0 Å². The molecule has 4 rings (SSSR count). The lowest BCUT2D eigenvalue weighted by Gasteiger charge is -2.33. The second kappa shape index (κ2) is 10.0. The summed E-state index contributed by atoms with van der Waals surface area (Å²) in [5.74, 6) is -0.0322. The number of carbonyl (C=O) groups excluding carboxylic acids is 1. The zero-order valence-electron chi connectivity index (χ0n) is 17.5. The molecule has 7 nitrogen and oxygen atoms in total. The van der Waals surface area contributed by atoms with Crippen LogP contribution in [-0.2, 0) is 17.8 Å². The second-order valence-corrected chi connectivity index (χ2v) is 7.84. The van der Waals surface area contributed by atoms with Gasteiger partial charge in [-0.3, -0.25) is 14.6 Å². The summed E-state index contributed by atoms with van der Waals surface area (Å²) in [5.41, 5.74) is 2.64. The SMILES string of the molecule is O=C(NCCc1ccccn1)C1CCCN(c2cnn(Cc3ccccc3)c(=O)c2)C1. The number of carbonyl (C=O) groups is 1. The van der Waals surface area contributed by atoms with Crippen LogP contribution in [0.1, 0.15) is 24.1 Å². The number of hydrogen-bond donors (Lipinski definition) is 1. The molecule has 1 aromatic carbocycles. The van der Waals surface area contributed by atoms with Crippen molar-refractivity contribution in [2.75, 3.05) is 24.5 Å². The molecule has 160 valence electrons. The van der Waals surface area contributed by atoms with Crippen LogP contribution in [0, 0.1) is 5.92 Å². The average molecular weight is 418 g/mol. The highest BCUT2D eigenvalue weighted by Crippen LogP contribution is 2.22. The van der Waals surface area contributed by atoms with E-state index in [1.807, 2.05) is 48.5 Å². The summed E-state index contributed by atoms with van der Waals surface area (Å²) in [6.07, 6.45) is 5.96. The Hall–Kier alpha value is -3.48. The molecule has 1 atom stereocenters. The molecular weight excluding hydrogens is 390 g/mol. The van der Waals surface area contributed by atoms with Crippen LogP contribution in [0.15, 0.2) is 71.8 Å². The summed E-state index contributed by atoms with van der Waals surface area (Å²) < 4.78 is 1.46. The number of aromatic nitrogens is 3. The van der Waals surface area contributed by atoms with E-state index in [1.54, 1.807) is 18.5 Å². The molecule has 1 N–H and O–H groups in total. The number of nitrogens with one attached hydrogen (secondary N) is 1. The number of amides is 1. The van der Waals surface area contributed by atoms with Gasteiger partial charge in [-0.25, -0.2) is 4.68 Å². The van der Waals surface area contributed by atoms with E-state index in [4.69, 9.17) is 0 Å². The first-order chi connectivity index (χ1) is 15.2. The van der Waals surface area contributed by atoms with Crippen LogP contribution in [0.2, 0.25) is 0 Å². The molecule has 0 saturated carbocycles. The van der Waals surface area contributed by atoms with Gasteiger partial charge >= 0.3 is 0 Å². The van der Waals surface area contributed by atoms with Crippen LogP contribution in [0.5, 0.6) is 0 Å². The van der Waals surface area contributed by atoms with Crippen molar-refractivity contribution in [3.8, 4) is 0 Å². The highest BCUT2D eigenvalue weighted by Gasteiger charge is 2.26. The van der Waals surface area contributed by atoms with Gasteiger partial charge in [0.1, 0.15) is 0 Å². The van der Waals surface area contributed by atoms with Crippen LogP contribution in [0.4, 0.5) is 5.69 Å². The maximum absolute atomic E-state index is 12.6. The summed E-state index contributed by atoms with van der Waals surface area (Å²) in [6.45, 7) is 2.44. The first kappa shape index (κ1) is 20.8. The van der Waals surface area contributed by atoms with E-state index in [-0.39, 0.29) is 17.4 Å². The summed E-state index contributed by atoms with van der Waals surface area (Å²) in [4.78, 5) is 31.6. The minimum atomic E-state index is -0.136. The summed E-state index contributed by atoms with van der Waals surface area (Å²) in [6, 6.07) is 17.2. The highest BCUT2D eigenvalue weighted by molar-refractivity contribution is 5.79. The standard InChI is InChI=1S/C24H27N5O2/c30-23-15-22(16-27-29(23)17-19-7-2-1-3-8-19)28-14-6-9-20(18-28)24(31)26-13-11-21-10-4-5-12-25-21/h1-5,7-8,10,12,15-16,20H,6,9,11,13-14,17-18H2,(H,26,31). The second-order valence-electron chi connectivity index (χ2n) is 7.84. The first-order valence-corrected chi connectivity index (χ1v) is 10.7. The van der Waals surface area contributed by atoms with E-state index >= 15 is 0 Å². The lowest BCUT2D eigenvalue weighted by molar-refractivity contribution is -0.125. The fourth-order valence-electron chi connectivity index (χ4n) is 3.90. The summed E-state index contributed by atoms with van der Waals surface area (Å²) >= 11 is 0. The van der Waals surface area contributed by atoms with Gasteiger partial charge < -0.3 is 10.2 Å². The average Bonchev–Trinajstić information content (AvgIpc) is 2.82. The predicted octanol–water partition coefficient (Wildman–Crippen LogP) is 2.26. The molecule has 0 radical (unpaired) electrons. The van der Waals surface area contributed by atoms with Gasteiger partial charge in [-0.1, -0.05) is 36.4 Å². The van der Waals surface area contributed by atoms with Gasteiger partial charge in [0.05, 0.1) is 24.3 Å². The fraction of sp³-hybridized carbons (Fsp3) is 0.333. The Bertz CT molecular complexity index is 1050. The number of piperidine rings is 1. The zero-order chi connectivity index (χ0) is 21.5. The monoisotopic (exact) mass is 417 g/mol. The normalized spacial score (nSPS) is 16.1.